The van der Waals surface area contributed by atoms with Crippen LogP contribution < -0.4 is 4.74 Å². The van der Waals surface area contributed by atoms with Crippen molar-refractivity contribution in [3.8, 4) is 5.75 Å². The van der Waals surface area contributed by atoms with Crippen molar-refractivity contribution in [2.75, 3.05) is 0 Å². The molecule has 2 rings (SSSR count). The minimum Gasteiger partial charge on any atom is -0.489 e. The number of hydrogen-bond donors (Lipinski definition) is 0. The Hall–Kier alpha value is -1.25. The molecule has 1 aromatic heterocycles. The van der Waals surface area contributed by atoms with E-state index in [1.807, 2.05) is 18.2 Å². The molecule has 0 aliphatic heterocycles. The summed E-state index contributed by atoms with van der Waals surface area (Å²) < 4.78 is 5.78. The number of pyridine rings is 1. The summed E-state index contributed by atoms with van der Waals surface area (Å²) in [5.41, 5.74) is 2.14. The van der Waals surface area contributed by atoms with Crippen LogP contribution in [0.1, 0.15) is 31.9 Å². The van der Waals surface area contributed by atoms with Crippen molar-refractivity contribution in [3.05, 3.63) is 57.8 Å². The van der Waals surface area contributed by atoms with Gasteiger partial charge < -0.3 is 4.74 Å². The van der Waals surface area contributed by atoms with Crippen LogP contribution in [0.5, 0.6) is 5.75 Å². The van der Waals surface area contributed by atoms with Crippen molar-refractivity contribution < 1.29 is 4.74 Å². The van der Waals surface area contributed by atoms with Crippen LogP contribution in [0, 0.1) is 0 Å². The lowest BCUT2D eigenvalue weighted by Gasteiger charge is -2.19. The number of rotatable bonds is 3. The minimum absolute atomic E-state index is 0.0961. The largest absolute Gasteiger partial charge is 0.489 e. The van der Waals surface area contributed by atoms with Gasteiger partial charge >= 0.3 is 0 Å². The number of ether oxygens (including phenoxy) is 1. The summed E-state index contributed by atoms with van der Waals surface area (Å²) in [7, 11) is 0. The first-order valence-electron chi connectivity index (χ1n) is 6.40. The molecule has 0 unspecified atom stereocenters. The number of nitrogens with zero attached hydrogens (tertiary/aromatic N) is 1. The lowest BCUT2D eigenvalue weighted by Crippen LogP contribution is -2.11. The molecular formula is C16H17Cl2NO. The predicted molar refractivity (Wildman–Crippen MR) is 83.7 cm³/mol. The molecule has 0 atom stereocenters. The van der Waals surface area contributed by atoms with E-state index < -0.39 is 0 Å². The molecule has 1 aromatic carbocycles. The monoisotopic (exact) mass is 309 g/mol. The van der Waals surface area contributed by atoms with Gasteiger partial charge in [0.2, 0.25) is 0 Å². The zero-order chi connectivity index (χ0) is 14.8. The Morgan fingerprint density at radius 1 is 1.10 bits per heavy atom. The summed E-state index contributed by atoms with van der Waals surface area (Å²) in [6, 6.07) is 11.6. The molecule has 0 amide bonds. The Morgan fingerprint density at radius 2 is 1.85 bits per heavy atom. The van der Waals surface area contributed by atoms with Gasteiger partial charge in [0.1, 0.15) is 22.7 Å². The molecule has 0 aliphatic rings. The van der Waals surface area contributed by atoms with Gasteiger partial charge in [0.25, 0.3) is 0 Å². The fourth-order valence-corrected chi connectivity index (χ4v) is 2.16. The molecule has 106 valence electrons. The maximum atomic E-state index is 6.02. The molecule has 0 fully saturated rings. The molecule has 0 radical (unpaired) electrons. The Morgan fingerprint density at radius 3 is 2.50 bits per heavy atom. The van der Waals surface area contributed by atoms with Crippen LogP contribution in [-0.4, -0.2) is 4.98 Å². The quantitative estimate of drug-likeness (QED) is 0.721. The number of aromatic nitrogens is 1. The van der Waals surface area contributed by atoms with E-state index in [1.165, 1.54) is 5.56 Å². The van der Waals surface area contributed by atoms with Gasteiger partial charge in [-0.15, -0.1) is 0 Å². The first-order chi connectivity index (χ1) is 9.36. The third-order valence-electron chi connectivity index (χ3n) is 2.99. The van der Waals surface area contributed by atoms with E-state index in [-0.39, 0.29) is 5.41 Å². The molecule has 4 heteroatoms. The van der Waals surface area contributed by atoms with Crippen LogP contribution >= 0.6 is 23.2 Å². The van der Waals surface area contributed by atoms with Crippen molar-refractivity contribution in [2.45, 2.75) is 32.8 Å². The second-order valence-corrected chi connectivity index (χ2v) is 6.40. The summed E-state index contributed by atoms with van der Waals surface area (Å²) in [6.07, 6.45) is 0. The van der Waals surface area contributed by atoms with Crippen LogP contribution in [0.2, 0.25) is 10.3 Å². The number of halogens is 2. The molecule has 0 spiro atoms. The Labute approximate surface area is 129 Å². The van der Waals surface area contributed by atoms with E-state index >= 15 is 0 Å². The molecule has 0 saturated carbocycles. The third-order valence-corrected chi connectivity index (χ3v) is 3.52. The molecule has 2 nitrogen and oxygen atoms in total. The van der Waals surface area contributed by atoms with Gasteiger partial charge in [0.05, 0.1) is 0 Å². The molecule has 1 heterocycles. The second-order valence-electron chi connectivity index (χ2n) is 5.65. The fourth-order valence-electron chi connectivity index (χ4n) is 1.76. The Kier molecular flexibility index (Phi) is 4.56. The zero-order valence-electron chi connectivity index (χ0n) is 11.8. The van der Waals surface area contributed by atoms with E-state index in [4.69, 9.17) is 27.9 Å². The van der Waals surface area contributed by atoms with Crippen LogP contribution in [0.3, 0.4) is 0 Å². The average Bonchev–Trinajstić information content (AvgIpc) is 2.37. The minimum atomic E-state index is 0.0961. The smallest absolute Gasteiger partial charge is 0.137 e. The molecule has 2 aromatic rings. The highest BCUT2D eigenvalue weighted by atomic mass is 35.5. The Balaban J connectivity index is 2.11. The van der Waals surface area contributed by atoms with Crippen molar-refractivity contribution in [3.63, 3.8) is 0 Å². The first-order valence-corrected chi connectivity index (χ1v) is 7.16. The summed E-state index contributed by atoms with van der Waals surface area (Å²) in [5, 5.41) is 0.762. The molecule has 20 heavy (non-hydrogen) atoms. The van der Waals surface area contributed by atoms with Gasteiger partial charge in [-0.05, 0) is 35.2 Å². The predicted octanol–water partition coefficient (Wildman–Crippen LogP) is 5.26. The van der Waals surface area contributed by atoms with Gasteiger partial charge in [0, 0.05) is 5.56 Å². The second kappa shape index (κ2) is 6.02. The van der Waals surface area contributed by atoms with Crippen molar-refractivity contribution in [2.24, 2.45) is 0 Å². The lowest BCUT2D eigenvalue weighted by atomic mass is 9.87. The molecule has 0 bridgehead atoms. The van der Waals surface area contributed by atoms with Crippen molar-refractivity contribution >= 4 is 23.2 Å². The molecule has 0 N–H and O–H groups in total. The molecular weight excluding hydrogens is 293 g/mol. The zero-order valence-corrected chi connectivity index (χ0v) is 13.3. The SMILES string of the molecule is CC(C)(C)c1cccc(OCc2ccc(Cl)nc2Cl)c1. The van der Waals surface area contributed by atoms with E-state index in [0.29, 0.717) is 16.9 Å². The highest BCUT2D eigenvalue weighted by Gasteiger charge is 2.14. The lowest BCUT2D eigenvalue weighted by molar-refractivity contribution is 0.305. The van der Waals surface area contributed by atoms with Crippen molar-refractivity contribution in [1.29, 1.82) is 0 Å². The topological polar surface area (TPSA) is 22.1 Å². The summed E-state index contributed by atoms with van der Waals surface area (Å²) in [6.45, 7) is 6.89. The molecule has 0 saturated heterocycles. The standard InChI is InChI=1S/C16H17Cl2NO/c1-16(2,3)12-5-4-6-13(9-12)20-10-11-7-8-14(17)19-15(11)18/h4-9H,10H2,1-3H3. The van der Waals surface area contributed by atoms with Crippen LogP contribution in [0.25, 0.3) is 0 Å². The van der Waals surface area contributed by atoms with E-state index in [0.717, 1.165) is 11.3 Å². The number of hydrogen-bond acceptors (Lipinski definition) is 2. The van der Waals surface area contributed by atoms with E-state index in [1.54, 1.807) is 6.07 Å². The van der Waals surface area contributed by atoms with Gasteiger partial charge in [-0.1, -0.05) is 56.1 Å². The third kappa shape index (κ3) is 3.87. The highest BCUT2D eigenvalue weighted by Crippen LogP contribution is 2.26. The Bertz CT molecular complexity index is 606. The number of benzene rings is 1. The van der Waals surface area contributed by atoms with Gasteiger partial charge in [-0.3, -0.25) is 0 Å². The molecule has 0 aliphatic carbocycles. The highest BCUT2D eigenvalue weighted by molar-refractivity contribution is 6.32. The van der Waals surface area contributed by atoms with E-state index in [2.05, 4.69) is 37.9 Å². The summed E-state index contributed by atoms with van der Waals surface area (Å²) in [5.74, 6) is 0.823. The van der Waals surface area contributed by atoms with Crippen LogP contribution in [-0.2, 0) is 12.0 Å². The van der Waals surface area contributed by atoms with E-state index in [9.17, 15) is 0 Å². The fraction of sp³-hybridized carbons (Fsp3) is 0.312. The normalized spacial score (nSPS) is 11.4. The maximum Gasteiger partial charge on any atom is 0.137 e. The van der Waals surface area contributed by atoms with Crippen molar-refractivity contribution in [1.82, 2.24) is 4.98 Å². The first kappa shape index (κ1) is 15.1. The van der Waals surface area contributed by atoms with Gasteiger partial charge in [-0.25, -0.2) is 4.98 Å². The van der Waals surface area contributed by atoms with Gasteiger partial charge in [-0.2, -0.15) is 0 Å². The average molecular weight is 310 g/mol. The summed E-state index contributed by atoms with van der Waals surface area (Å²) >= 11 is 11.8. The van der Waals surface area contributed by atoms with Crippen LogP contribution in [0.4, 0.5) is 0 Å². The maximum absolute atomic E-state index is 6.02. The van der Waals surface area contributed by atoms with Gasteiger partial charge in [0.15, 0.2) is 0 Å². The van der Waals surface area contributed by atoms with Crippen LogP contribution in [0.15, 0.2) is 36.4 Å². The summed E-state index contributed by atoms with van der Waals surface area (Å²) in [4.78, 5) is 3.99.